The van der Waals surface area contributed by atoms with E-state index in [-0.39, 0.29) is 0 Å². The van der Waals surface area contributed by atoms with Crippen molar-refractivity contribution in [2.45, 2.75) is 25.8 Å². The van der Waals surface area contributed by atoms with Crippen LogP contribution in [0.4, 0.5) is 8.78 Å². The van der Waals surface area contributed by atoms with Crippen molar-refractivity contribution in [1.82, 2.24) is 5.32 Å². The molecule has 0 saturated heterocycles. The van der Waals surface area contributed by atoms with Crippen molar-refractivity contribution < 1.29 is 13.5 Å². The summed E-state index contributed by atoms with van der Waals surface area (Å²) in [5.41, 5.74) is 0.669. The van der Waals surface area contributed by atoms with Crippen LogP contribution in [0.3, 0.4) is 0 Å². The molecule has 0 amide bonds. The van der Waals surface area contributed by atoms with Crippen LogP contribution < -0.4 is 5.32 Å². The molecule has 1 aromatic rings. The molecule has 1 rings (SSSR count). The largest absolute Gasteiger partial charge is 0.383 e. The Labute approximate surface area is 101 Å². The molecule has 0 aliphatic rings. The monoisotopic (exact) mass is 243 g/mol. The number of nitrogens with one attached hydrogen (secondary N) is 1. The Morgan fingerprint density at radius 2 is 1.88 bits per heavy atom. The number of hydrogen-bond donors (Lipinski definition) is 1. The molecule has 17 heavy (non-hydrogen) atoms. The quantitative estimate of drug-likeness (QED) is 0.794. The molecule has 0 radical (unpaired) electrons. The summed E-state index contributed by atoms with van der Waals surface area (Å²) in [6.07, 6.45) is 1.57. The van der Waals surface area contributed by atoms with Crippen LogP contribution in [0.5, 0.6) is 0 Å². The van der Waals surface area contributed by atoms with Gasteiger partial charge in [0.1, 0.15) is 11.6 Å². The van der Waals surface area contributed by atoms with Crippen LogP contribution in [-0.2, 0) is 11.2 Å². The van der Waals surface area contributed by atoms with Crippen LogP contribution in [0.25, 0.3) is 0 Å². The molecule has 0 heterocycles. The lowest BCUT2D eigenvalue weighted by atomic mass is 10.1. The van der Waals surface area contributed by atoms with Gasteiger partial charge in [-0.1, -0.05) is 6.92 Å². The highest BCUT2D eigenvalue weighted by Crippen LogP contribution is 2.08. The minimum absolute atomic E-state index is 0.290. The van der Waals surface area contributed by atoms with Crippen LogP contribution in [-0.4, -0.2) is 26.3 Å². The lowest BCUT2D eigenvalue weighted by Gasteiger charge is -2.15. The molecule has 0 aliphatic carbocycles. The average Bonchev–Trinajstić information content (AvgIpc) is 2.26. The van der Waals surface area contributed by atoms with Gasteiger partial charge in [0.2, 0.25) is 0 Å². The molecule has 0 fully saturated rings. The number of benzene rings is 1. The zero-order valence-electron chi connectivity index (χ0n) is 10.3. The van der Waals surface area contributed by atoms with Gasteiger partial charge in [0, 0.05) is 19.2 Å². The van der Waals surface area contributed by atoms with E-state index in [0.717, 1.165) is 12.5 Å². The Balaban J connectivity index is 2.39. The second-order valence-electron chi connectivity index (χ2n) is 4.04. The molecule has 0 aliphatic heterocycles. The number of methoxy groups -OCH3 is 1. The number of rotatable bonds is 7. The van der Waals surface area contributed by atoms with E-state index < -0.39 is 11.6 Å². The third kappa shape index (κ3) is 5.24. The molecule has 96 valence electrons. The topological polar surface area (TPSA) is 21.3 Å². The van der Waals surface area contributed by atoms with Crippen molar-refractivity contribution in [3.63, 3.8) is 0 Å². The molecule has 1 atom stereocenters. The first-order valence-electron chi connectivity index (χ1n) is 5.83. The fourth-order valence-electron chi connectivity index (χ4n) is 1.70. The van der Waals surface area contributed by atoms with E-state index in [1.54, 1.807) is 7.11 Å². The third-order valence-electron chi connectivity index (χ3n) is 2.63. The summed E-state index contributed by atoms with van der Waals surface area (Å²) in [7, 11) is 1.66. The maximum Gasteiger partial charge on any atom is 0.126 e. The van der Waals surface area contributed by atoms with Crippen LogP contribution in [0.2, 0.25) is 0 Å². The maximum atomic E-state index is 12.9. The van der Waals surface area contributed by atoms with Gasteiger partial charge < -0.3 is 10.1 Å². The zero-order valence-corrected chi connectivity index (χ0v) is 10.3. The van der Waals surface area contributed by atoms with Gasteiger partial charge in [0.05, 0.1) is 6.61 Å². The van der Waals surface area contributed by atoms with E-state index in [2.05, 4.69) is 12.2 Å². The fraction of sp³-hybridized carbons (Fsp3) is 0.538. The molecule has 0 aromatic heterocycles. The highest BCUT2D eigenvalue weighted by Gasteiger charge is 2.05. The van der Waals surface area contributed by atoms with E-state index in [0.29, 0.717) is 31.2 Å². The van der Waals surface area contributed by atoms with Crippen molar-refractivity contribution in [3.8, 4) is 0 Å². The molecular weight excluding hydrogens is 224 g/mol. The predicted octanol–water partition coefficient (Wildman–Crippen LogP) is 2.52. The molecule has 1 aromatic carbocycles. The van der Waals surface area contributed by atoms with Gasteiger partial charge in [-0.3, -0.25) is 0 Å². The number of hydrogen-bond acceptors (Lipinski definition) is 2. The Morgan fingerprint density at radius 1 is 1.24 bits per heavy atom. The maximum absolute atomic E-state index is 12.9. The molecule has 2 nitrogen and oxygen atoms in total. The van der Waals surface area contributed by atoms with E-state index in [9.17, 15) is 8.78 Å². The van der Waals surface area contributed by atoms with Crippen LogP contribution in [0.15, 0.2) is 18.2 Å². The summed E-state index contributed by atoms with van der Waals surface area (Å²) >= 11 is 0. The van der Waals surface area contributed by atoms with Crippen molar-refractivity contribution in [1.29, 1.82) is 0 Å². The SMILES string of the molecule is CCC(COC)NCCc1cc(F)cc(F)c1. The molecular formula is C13H19F2NO. The molecule has 0 saturated carbocycles. The Morgan fingerprint density at radius 3 is 2.41 bits per heavy atom. The molecule has 0 spiro atoms. The van der Waals surface area contributed by atoms with E-state index >= 15 is 0 Å². The Bertz CT molecular complexity index is 324. The fourth-order valence-corrected chi connectivity index (χ4v) is 1.70. The zero-order chi connectivity index (χ0) is 12.7. The van der Waals surface area contributed by atoms with Gasteiger partial charge in [-0.15, -0.1) is 0 Å². The van der Waals surface area contributed by atoms with Gasteiger partial charge in [0.15, 0.2) is 0 Å². The lowest BCUT2D eigenvalue weighted by molar-refractivity contribution is 0.165. The number of ether oxygens (including phenoxy) is 1. The molecule has 1 unspecified atom stereocenters. The second-order valence-corrected chi connectivity index (χ2v) is 4.04. The molecule has 0 bridgehead atoms. The van der Waals surface area contributed by atoms with Gasteiger partial charge in [-0.2, -0.15) is 0 Å². The first kappa shape index (κ1) is 14.1. The highest BCUT2D eigenvalue weighted by atomic mass is 19.1. The van der Waals surface area contributed by atoms with Crippen molar-refractivity contribution in [3.05, 3.63) is 35.4 Å². The van der Waals surface area contributed by atoms with Gasteiger partial charge >= 0.3 is 0 Å². The second kappa shape index (κ2) is 7.35. The normalized spacial score (nSPS) is 12.7. The number of halogens is 2. The molecule has 1 N–H and O–H groups in total. The lowest BCUT2D eigenvalue weighted by Crippen LogP contribution is -2.34. The van der Waals surface area contributed by atoms with Gasteiger partial charge in [-0.05, 0) is 37.1 Å². The minimum Gasteiger partial charge on any atom is -0.383 e. The Kier molecular flexibility index (Phi) is 6.08. The summed E-state index contributed by atoms with van der Waals surface area (Å²) in [5.74, 6) is -1.05. The summed E-state index contributed by atoms with van der Waals surface area (Å²) in [6, 6.07) is 3.90. The van der Waals surface area contributed by atoms with Crippen molar-refractivity contribution in [2.24, 2.45) is 0 Å². The van der Waals surface area contributed by atoms with Crippen molar-refractivity contribution in [2.75, 3.05) is 20.3 Å². The smallest absolute Gasteiger partial charge is 0.126 e. The summed E-state index contributed by atoms with van der Waals surface area (Å²) in [6.45, 7) is 3.40. The predicted molar refractivity (Wildman–Crippen MR) is 64.0 cm³/mol. The van der Waals surface area contributed by atoms with Crippen molar-refractivity contribution >= 4 is 0 Å². The Hall–Kier alpha value is -1.00. The summed E-state index contributed by atoms with van der Waals surface area (Å²) < 4.78 is 30.9. The van der Waals surface area contributed by atoms with Crippen LogP contribution in [0, 0.1) is 11.6 Å². The van der Waals surface area contributed by atoms with Crippen LogP contribution >= 0.6 is 0 Å². The van der Waals surface area contributed by atoms with E-state index in [1.807, 2.05) is 0 Å². The summed E-state index contributed by atoms with van der Waals surface area (Å²) in [4.78, 5) is 0. The van der Waals surface area contributed by atoms with Gasteiger partial charge in [-0.25, -0.2) is 8.78 Å². The summed E-state index contributed by atoms with van der Waals surface area (Å²) in [5, 5.41) is 3.29. The van der Waals surface area contributed by atoms with E-state index in [4.69, 9.17) is 4.74 Å². The van der Waals surface area contributed by atoms with Gasteiger partial charge in [0.25, 0.3) is 0 Å². The van der Waals surface area contributed by atoms with Crippen LogP contribution in [0.1, 0.15) is 18.9 Å². The van der Waals surface area contributed by atoms with E-state index in [1.165, 1.54) is 12.1 Å². The standard InChI is InChI=1S/C13H19F2NO/c1-3-13(9-17-2)16-5-4-10-6-11(14)8-12(15)7-10/h6-8,13,16H,3-5,9H2,1-2H3. The highest BCUT2D eigenvalue weighted by molar-refractivity contribution is 5.18. The minimum atomic E-state index is -0.524. The first-order chi connectivity index (χ1) is 8.15. The first-order valence-corrected chi connectivity index (χ1v) is 5.83. The third-order valence-corrected chi connectivity index (χ3v) is 2.63. The molecule has 4 heteroatoms. The average molecular weight is 243 g/mol.